The summed E-state index contributed by atoms with van der Waals surface area (Å²) in [6.07, 6.45) is 1.65. The number of hydrogen-bond acceptors (Lipinski definition) is 6. The van der Waals surface area contributed by atoms with Crippen LogP contribution >= 0.6 is 11.3 Å². The maximum Gasteiger partial charge on any atom is 0.273 e. The average molecular weight is 472 g/mol. The Morgan fingerprint density at radius 1 is 1.22 bits per heavy atom. The second-order valence-corrected chi connectivity index (χ2v) is 9.66. The Hall–Kier alpha value is -3.50. The van der Waals surface area contributed by atoms with Crippen LogP contribution in [0.5, 0.6) is 0 Å². The summed E-state index contributed by atoms with van der Waals surface area (Å²) in [6.45, 7) is 6.06. The number of thiophene rings is 1. The Morgan fingerprint density at radius 2 is 1.94 bits per heavy atom. The van der Waals surface area contributed by atoms with Gasteiger partial charge >= 0.3 is 0 Å². The smallest absolute Gasteiger partial charge is 0.273 e. The molecule has 0 aliphatic heterocycles. The van der Waals surface area contributed by atoms with Gasteiger partial charge in [-0.05, 0) is 48.7 Å². The summed E-state index contributed by atoms with van der Waals surface area (Å²) in [4.78, 5) is 25.8. The molecule has 0 bridgehead atoms. The standard InChI is InChI=1S/C22H21N3O5S2/c1-3-12-24(15-19-5-4-13-31-19)22(26)17-7-9-18(10-8-17)23-32(29,30)20-11-6-16(2)21(14-20)25(27)28/h3-11,13-14,23H,1,12,15H2,2H3. The van der Waals surface area contributed by atoms with Crippen molar-refractivity contribution in [2.75, 3.05) is 11.3 Å². The van der Waals surface area contributed by atoms with E-state index in [9.17, 15) is 23.3 Å². The quantitative estimate of drug-likeness (QED) is 0.279. The zero-order valence-corrected chi connectivity index (χ0v) is 18.9. The Balaban J connectivity index is 1.77. The van der Waals surface area contributed by atoms with Crippen molar-refractivity contribution in [3.8, 4) is 0 Å². The van der Waals surface area contributed by atoms with Crippen LogP contribution in [0.2, 0.25) is 0 Å². The molecule has 0 aliphatic rings. The summed E-state index contributed by atoms with van der Waals surface area (Å²) in [5.74, 6) is -0.207. The lowest BCUT2D eigenvalue weighted by Crippen LogP contribution is -2.30. The van der Waals surface area contributed by atoms with Crippen LogP contribution in [0.15, 0.2) is 77.5 Å². The number of nitrogens with one attached hydrogen (secondary N) is 1. The number of anilines is 1. The van der Waals surface area contributed by atoms with E-state index >= 15 is 0 Å². The highest BCUT2D eigenvalue weighted by atomic mass is 32.2. The van der Waals surface area contributed by atoms with Crippen molar-refractivity contribution >= 4 is 38.6 Å². The number of rotatable bonds is 9. The van der Waals surface area contributed by atoms with E-state index < -0.39 is 14.9 Å². The molecule has 1 amide bonds. The zero-order chi connectivity index (χ0) is 23.3. The fourth-order valence-electron chi connectivity index (χ4n) is 3.00. The molecule has 1 heterocycles. The summed E-state index contributed by atoms with van der Waals surface area (Å²) in [6, 6.07) is 13.6. The normalized spacial score (nSPS) is 11.0. The molecule has 0 radical (unpaired) electrons. The monoisotopic (exact) mass is 471 g/mol. The van der Waals surface area contributed by atoms with E-state index in [-0.39, 0.29) is 22.2 Å². The second-order valence-electron chi connectivity index (χ2n) is 6.94. The Kier molecular flexibility index (Phi) is 7.06. The molecule has 3 aromatic rings. The minimum Gasteiger partial charge on any atom is -0.330 e. The molecule has 32 heavy (non-hydrogen) atoms. The SMILES string of the molecule is C=CCN(Cc1cccs1)C(=O)c1ccc(NS(=O)(=O)c2ccc(C)c([N+](=O)[O-])c2)cc1. The van der Waals surface area contributed by atoms with Crippen LogP contribution in [0.3, 0.4) is 0 Å². The van der Waals surface area contributed by atoms with Gasteiger partial charge < -0.3 is 4.90 Å². The molecule has 10 heteroatoms. The van der Waals surface area contributed by atoms with E-state index in [1.54, 1.807) is 22.3 Å². The Labute approximate surface area is 190 Å². The van der Waals surface area contributed by atoms with Gasteiger partial charge in [0.2, 0.25) is 0 Å². The molecule has 0 unspecified atom stereocenters. The molecule has 0 atom stereocenters. The lowest BCUT2D eigenvalue weighted by Gasteiger charge is -2.20. The molecule has 0 aliphatic carbocycles. The van der Waals surface area contributed by atoms with Crippen LogP contribution in [-0.4, -0.2) is 30.7 Å². The van der Waals surface area contributed by atoms with Gasteiger partial charge in [0.05, 0.1) is 16.4 Å². The van der Waals surface area contributed by atoms with E-state index in [0.29, 0.717) is 24.2 Å². The molecule has 2 aromatic carbocycles. The van der Waals surface area contributed by atoms with Crippen LogP contribution in [-0.2, 0) is 16.6 Å². The molecular weight excluding hydrogens is 450 g/mol. The summed E-state index contributed by atoms with van der Waals surface area (Å²) in [7, 11) is -4.04. The molecule has 0 fully saturated rings. The highest BCUT2D eigenvalue weighted by Gasteiger charge is 2.21. The van der Waals surface area contributed by atoms with Crippen molar-refractivity contribution in [1.82, 2.24) is 4.90 Å². The molecule has 0 saturated carbocycles. The summed E-state index contributed by atoms with van der Waals surface area (Å²) >= 11 is 1.55. The van der Waals surface area contributed by atoms with Crippen molar-refractivity contribution in [1.29, 1.82) is 0 Å². The van der Waals surface area contributed by atoms with Crippen LogP contribution in [0.4, 0.5) is 11.4 Å². The number of carbonyl (C=O) groups excluding carboxylic acids is 1. The average Bonchev–Trinajstić information content (AvgIpc) is 3.26. The van der Waals surface area contributed by atoms with Crippen molar-refractivity contribution in [3.63, 3.8) is 0 Å². The number of carbonyl (C=O) groups is 1. The number of nitro benzene ring substituents is 1. The third kappa shape index (κ3) is 5.40. The van der Waals surface area contributed by atoms with Gasteiger partial charge in [0, 0.05) is 34.3 Å². The van der Waals surface area contributed by atoms with Crippen LogP contribution in [0.1, 0.15) is 20.8 Å². The second kappa shape index (κ2) is 9.75. The van der Waals surface area contributed by atoms with E-state index in [2.05, 4.69) is 11.3 Å². The molecule has 0 saturated heterocycles. The minimum absolute atomic E-state index is 0.207. The highest BCUT2D eigenvalue weighted by molar-refractivity contribution is 7.92. The minimum atomic E-state index is -4.04. The van der Waals surface area contributed by atoms with Gasteiger partial charge in [-0.3, -0.25) is 19.6 Å². The summed E-state index contributed by atoms with van der Waals surface area (Å²) in [5.41, 5.74) is 0.723. The maximum absolute atomic E-state index is 12.9. The molecule has 8 nitrogen and oxygen atoms in total. The molecule has 166 valence electrons. The van der Waals surface area contributed by atoms with Crippen molar-refractivity contribution < 1.29 is 18.1 Å². The summed E-state index contributed by atoms with van der Waals surface area (Å²) in [5, 5.41) is 13.1. The number of hydrogen-bond donors (Lipinski definition) is 1. The number of nitro groups is 1. The van der Waals surface area contributed by atoms with Crippen LogP contribution in [0.25, 0.3) is 0 Å². The third-order valence-electron chi connectivity index (χ3n) is 4.64. The number of sulfonamides is 1. The number of amides is 1. The third-order valence-corrected chi connectivity index (χ3v) is 6.88. The number of nitrogens with zero attached hydrogens (tertiary/aromatic N) is 2. The van der Waals surface area contributed by atoms with Gasteiger partial charge in [0.15, 0.2) is 0 Å². The van der Waals surface area contributed by atoms with Gasteiger partial charge in [0.25, 0.3) is 21.6 Å². The first-order valence-corrected chi connectivity index (χ1v) is 11.9. The van der Waals surface area contributed by atoms with Crippen LogP contribution in [0, 0.1) is 17.0 Å². The fraction of sp³-hybridized carbons (Fsp3) is 0.136. The Bertz CT molecular complexity index is 1240. The van der Waals surface area contributed by atoms with Crippen molar-refractivity contribution in [2.24, 2.45) is 0 Å². The fourth-order valence-corrected chi connectivity index (χ4v) is 4.79. The van der Waals surface area contributed by atoms with Gasteiger partial charge in [0.1, 0.15) is 0 Å². The molecular formula is C22H21N3O5S2. The lowest BCUT2D eigenvalue weighted by molar-refractivity contribution is -0.385. The van der Waals surface area contributed by atoms with Gasteiger partial charge in [-0.2, -0.15) is 0 Å². The highest BCUT2D eigenvalue weighted by Crippen LogP contribution is 2.24. The summed E-state index contributed by atoms with van der Waals surface area (Å²) < 4.78 is 27.7. The topological polar surface area (TPSA) is 110 Å². The van der Waals surface area contributed by atoms with E-state index in [0.717, 1.165) is 10.9 Å². The van der Waals surface area contributed by atoms with Crippen LogP contribution < -0.4 is 4.72 Å². The van der Waals surface area contributed by atoms with E-state index in [4.69, 9.17) is 0 Å². The first kappa shape index (κ1) is 23.2. The number of benzene rings is 2. The lowest BCUT2D eigenvalue weighted by atomic mass is 10.2. The van der Waals surface area contributed by atoms with E-state index in [1.807, 2.05) is 17.5 Å². The molecule has 1 aromatic heterocycles. The van der Waals surface area contributed by atoms with Gasteiger partial charge in [-0.15, -0.1) is 17.9 Å². The van der Waals surface area contributed by atoms with Crippen molar-refractivity contribution in [3.05, 3.63) is 98.8 Å². The predicted molar refractivity (Wildman–Crippen MR) is 124 cm³/mol. The largest absolute Gasteiger partial charge is 0.330 e. The first-order valence-electron chi connectivity index (χ1n) is 9.52. The molecule has 1 N–H and O–H groups in total. The first-order chi connectivity index (χ1) is 15.2. The Morgan fingerprint density at radius 3 is 2.53 bits per heavy atom. The van der Waals surface area contributed by atoms with Crippen molar-refractivity contribution in [2.45, 2.75) is 18.4 Å². The van der Waals surface area contributed by atoms with Gasteiger partial charge in [-0.1, -0.05) is 18.2 Å². The number of aryl methyl sites for hydroxylation is 1. The molecule has 3 rings (SSSR count). The molecule has 0 spiro atoms. The predicted octanol–water partition coefficient (Wildman–Crippen LogP) is 4.59. The maximum atomic E-state index is 12.9. The zero-order valence-electron chi connectivity index (χ0n) is 17.2. The van der Waals surface area contributed by atoms with Gasteiger partial charge in [-0.25, -0.2) is 8.42 Å². The van der Waals surface area contributed by atoms with E-state index in [1.165, 1.54) is 43.3 Å².